The molecule has 7 nitrogen and oxygen atoms in total. The zero-order chi connectivity index (χ0) is 24.1. The number of hydrogen-bond acceptors (Lipinski definition) is 4. The minimum absolute atomic E-state index is 0.185. The highest BCUT2D eigenvalue weighted by Gasteiger charge is 2.21. The molecule has 4 aromatic rings. The topological polar surface area (TPSA) is 84.3 Å². The molecule has 34 heavy (non-hydrogen) atoms. The molecule has 0 saturated heterocycles. The fraction of sp³-hybridized carbons (Fsp3) is 0.231. The number of sulfonamides is 1. The minimum atomic E-state index is -3.58. The van der Waals surface area contributed by atoms with Crippen molar-refractivity contribution in [1.82, 2.24) is 19.2 Å². The van der Waals surface area contributed by atoms with Crippen LogP contribution in [0.3, 0.4) is 0 Å². The monoisotopic (exact) mass is 476 g/mol. The van der Waals surface area contributed by atoms with Gasteiger partial charge in [-0.25, -0.2) is 12.7 Å². The second-order valence-corrected chi connectivity index (χ2v) is 10.5. The standard InChI is InChI=1S/C26H28N4O3S/c1-29(2)34(32,33)23-10-11-24-22(17-23)18-25(30(24)19-21-12-15-27-16-13-21)26(31)28-14-6-9-20-7-4-3-5-8-20/h3-5,7-8,10-13,15-18H,6,9,14,19H2,1-2H3,(H,28,31). The van der Waals surface area contributed by atoms with Gasteiger partial charge in [0.05, 0.1) is 4.90 Å². The molecular weight excluding hydrogens is 448 g/mol. The van der Waals surface area contributed by atoms with Gasteiger partial charge in [-0.1, -0.05) is 30.3 Å². The average molecular weight is 477 g/mol. The van der Waals surface area contributed by atoms with Crippen LogP contribution in [0, 0.1) is 0 Å². The lowest BCUT2D eigenvalue weighted by molar-refractivity contribution is 0.0945. The molecule has 0 aliphatic carbocycles. The van der Waals surface area contributed by atoms with Crippen LogP contribution in [0.4, 0.5) is 0 Å². The minimum Gasteiger partial charge on any atom is -0.351 e. The van der Waals surface area contributed by atoms with Crippen molar-refractivity contribution < 1.29 is 13.2 Å². The van der Waals surface area contributed by atoms with Crippen molar-refractivity contribution >= 4 is 26.8 Å². The van der Waals surface area contributed by atoms with E-state index in [4.69, 9.17) is 0 Å². The molecule has 0 aliphatic heterocycles. The maximum absolute atomic E-state index is 13.2. The SMILES string of the molecule is CN(C)S(=O)(=O)c1ccc2c(c1)cc(C(=O)NCCCc1ccccc1)n2Cc1ccncc1. The Morgan fingerprint density at radius 1 is 0.971 bits per heavy atom. The van der Waals surface area contributed by atoms with E-state index in [0.717, 1.165) is 23.9 Å². The molecule has 2 heterocycles. The van der Waals surface area contributed by atoms with Gasteiger partial charge in [0.15, 0.2) is 0 Å². The van der Waals surface area contributed by atoms with Crippen molar-refractivity contribution in [1.29, 1.82) is 0 Å². The van der Waals surface area contributed by atoms with Crippen LogP contribution >= 0.6 is 0 Å². The number of nitrogens with one attached hydrogen (secondary N) is 1. The lowest BCUT2D eigenvalue weighted by Gasteiger charge is -2.13. The number of amides is 1. The van der Waals surface area contributed by atoms with E-state index in [0.29, 0.717) is 24.2 Å². The molecule has 0 fully saturated rings. The van der Waals surface area contributed by atoms with Gasteiger partial charge in [0.1, 0.15) is 5.69 Å². The molecule has 0 aliphatic rings. The summed E-state index contributed by atoms with van der Waals surface area (Å²) in [6.07, 6.45) is 5.14. The number of aryl methyl sites for hydroxylation is 1. The summed E-state index contributed by atoms with van der Waals surface area (Å²) in [7, 11) is -0.575. The number of rotatable bonds is 9. The van der Waals surface area contributed by atoms with Gasteiger partial charge in [-0.3, -0.25) is 9.78 Å². The van der Waals surface area contributed by atoms with Gasteiger partial charge < -0.3 is 9.88 Å². The Morgan fingerprint density at radius 2 is 1.71 bits per heavy atom. The first kappa shape index (κ1) is 23.7. The predicted molar refractivity (Wildman–Crippen MR) is 133 cm³/mol. The highest BCUT2D eigenvalue weighted by Crippen LogP contribution is 2.25. The zero-order valence-electron chi connectivity index (χ0n) is 19.3. The summed E-state index contributed by atoms with van der Waals surface area (Å²) in [6.45, 7) is 1.02. The highest BCUT2D eigenvalue weighted by molar-refractivity contribution is 7.89. The molecule has 1 N–H and O–H groups in total. The number of nitrogens with zero attached hydrogens (tertiary/aromatic N) is 3. The van der Waals surface area contributed by atoms with Crippen molar-refractivity contribution in [3.63, 3.8) is 0 Å². The number of hydrogen-bond donors (Lipinski definition) is 1. The van der Waals surface area contributed by atoms with Gasteiger partial charge in [-0.15, -0.1) is 0 Å². The molecular formula is C26H28N4O3S. The van der Waals surface area contributed by atoms with E-state index in [1.807, 2.05) is 34.9 Å². The van der Waals surface area contributed by atoms with Gasteiger partial charge >= 0.3 is 0 Å². The number of carbonyl (C=O) groups is 1. The van der Waals surface area contributed by atoms with Crippen molar-refractivity contribution in [2.24, 2.45) is 0 Å². The molecule has 0 saturated carbocycles. The van der Waals surface area contributed by atoms with Gasteiger partial charge in [0, 0.05) is 50.5 Å². The summed E-state index contributed by atoms with van der Waals surface area (Å²) >= 11 is 0. The summed E-state index contributed by atoms with van der Waals surface area (Å²) in [5.74, 6) is -0.185. The lowest BCUT2D eigenvalue weighted by Crippen LogP contribution is -2.27. The molecule has 0 spiro atoms. The molecule has 0 unspecified atom stereocenters. The molecule has 4 rings (SSSR count). The second-order valence-electron chi connectivity index (χ2n) is 8.32. The van der Waals surface area contributed by atoms with E-state index in [2.05, 4.69) is 22.4 Å². The van der Waals surface area contributed by atoms with Gasteiger partial charge in [-0.2, -0.15) is 0 Å². The van der Waals surface area contributed by atoms with Gasteiger partial charge in [-0.05, 0) is 60.4 Å². The van der Waals surface area contributed by atoms with E-state index >= 15 is 0 Å². The Balaban J connectivity index is 1.61. The highest BCUT2D eigenvalue weighted by atomic mass is 32.2. The summed E-state index contributed by atoms with van der Waals surface area (Å²) < 4.78 is 28.3. The predicted octanol–water partition coefficient (Wildman–Crippen LogP) is 3.70. The van der Waals surface area contributed by atoms with Crippen molar-refractivity contribution in [3.05, 3.63) is 95.9 Å². The number of carbonyl (C=O) groups excluding carboxylic acids is 1. The van der Waals surface area contributed by atoms with Crippen molar-refractivity contribution in [2.45, 2.75) is 24.3 Å². The summed E-state index contributed by atoms with van der Waals surface area (Å²) in [6, 6.07) is 20.7. The molecule has 176 valence electrons. The fourth-order valence-corrected chi connectivity index (χ4v) is 4.82. The Labute approximate surface area is 200 Å². The number of pyridine rings is 1. The molecule has 2 aromatic carbocycles. The van der Waals surface area contributed by atoms with Crippen LogP contribution in [0.2, 0.25) is 0 Å². The summed E-state index contributed by atoms with van der Waals surface area (Å²) in [5.41, 5.74) is 3.52. The molecule has 1 amide bonds. The first-order valence-electron chi connectivity index (χ1n) is 11.1. The van der Waals surface area contributed by atoms with Gasteiger partial charge in [0.2, 0.25) is 10.0 Å². The number of fused-ring (bicyclic) bond motifs is 1. The maximum atomic E-state index is 13.2. The summed E-state index contributed by atoms with van der Waals surface area (Å²) in [5, 5.41) is 3.72. The van der Waals surface area contributed by atoms with E-state index in [9.17, 15) is 13.2 Å². The molecule has 0 atom stereocenters. The Morgan fingerprint density at radius 3 is 2.41 bits per heavy atom. The molecule has 0 bridgehead atoms. The quantitative estimate of drug-likeness (QED) is 0.374. The smallest absolute Gasteiger partial charge is 0.267 e. The van der Waals surface area contributed by atoms with Crippen molar-refractivity contribution in [3.8, 4) is 0 Å². The molecule has 0 radical (unpaired) electrons. The van der Waals surface area contributed by atoms with Crippen LogP contribution in [-0.2, 0) is 23.0 Å². The van der Waals surface area contributed by atoms with Crippen LogP contribution in [-0.4, -0.2) is 48.8 Å². The van der Waals surface area contributed by atoms with E-state index < -0.39 is 10.0 Å². The Hall–Kier alpha value is -3.49. The third-order valence-corrected chi connectivity index (χ3v) is 7.56. The van der Waals surface area contributed by atoms with Crippen LogP contribution in [0.5, 0.6) is 0 Å². The van der Waals surface area contributed by atoms with Crippen LogP contribution in [0.25, 0.3) is 10.9 Å². The van der Waals surface area contributed by atoms with Crippen LogP contribution in [0.1, 0.15) is 28.0 Å². The van der Waals surface area contributed by atoms with Crippen LogP contribution < -0.4 is 5.32 Å². The zero-order valence-corrected chi connectivity index (χ0v) is 20.1. The maximum Gasteiger partial charge on any atom is 0.267 e. The largest absolute Gasteiger partial charge is 0.351 e. The normalized spacial score (nSPS) is 11.7. The fourth-order valence-electron chi connectivity index (χ4n) is 3.88. The van der Waals surface area contributed by atoms with Crippen molar-refractivity contribution in [2.75, 3.05) is 20.6 Å². The van der Waals surface area contributed by atoms with Gasteiger partial charge in [0.25, 0.3) is 5.91 Å². The van der Waals surface area contributed by atoms with Crippen LogP contribution in [0.15, 0.2) is 84.0 Å². The second kappa shape index (κ2) is 10.2. The third kappa shape index (κ3) is 5.18. The number of benzene rings is 2. The average Bonchev–Trinajstić information content (AvgIpc) is 3.20. The Kier molecular flexibility index (Phi) is 7.09. The van der Waals surface area contributed by atoms with E-state index in [-0.39, 0.29) is 10.8 Å². The molecule has 8 heteroatoms. The molecule has 2 aromatic heterocycles. The summed E-state index contributed by atoms with van der Waals surface area (Å²) in [4.78, 5) is 17.4. The number of aromatic nitrogens is 2. The lowest BCUT2D eigenvalue weighted by atomic mass is 10.1. The first-order valence-corrected chi connectivity index (χ1v) is 12.6. The first-order chi connectivity index (χ1) is 16.4. The van der Waals surface area contributed by atoms with E-state index in [1.165, 1.54) is 24.0 Å². The van der Waals surface area contributed by atoms with E-state index in [1.54, 1.807) is 36.7 Å². The Bertz CT molecular complexity index is 1380. The third-order valence-electron chi connectivity index (χ3n) is 5.74.